The fraction of sp³-hybridized carbons (Fsp3) is 0.540. The zero-order chi connectivity index (χ0) is 42.4. The van der Waals surface area contributed by atoms with E-state index in [4.69, 9.17) is 23.5 Å². The van der Waals surface area contributed by atoms with E-state index < -0.39 is 8.53 Å². The van der Waals surface area contributed by atoms with E-state index in [1.54, 1.807) is 4.90 Å². The van der Waals surface area contributed by atoms with E-state index in [0.717, 1.165) is 86.9 Å². The van der Waals surface area contributed by atoms with Gasteiger partial charge in [-0.25, -0.2) is 4.67 Å². The number of hydrogen-bond acceptors (Lipinski definition) is 8. The van der Waals surface area contributed by atoms with Crippen LogP contribution in [0.3, 0.4) is 0 Å². The summed E-state index contributed by atoms with van der Waals surface area (Å²) in [5.41, 5.74) is 12.6. The lowest BCUT2D eigenvalue weighted by atomic mass is 9.71. The van der Waals surface area contributed by atoms with Crippen LogP contribution in [0.1, 0.15) is 115 Å². The van der Waals surface area contributed by atoms with Crippen molar-refractivity contribution in [3.63, 3.8) is 0 Å². The smallest absolute Gasteiger partial charge is 0.259 e. The van der Waals surface area contributed by atoms with Crippen LogP contribution in [0.2, 0.25) is 0 Å². The van der Waals surface area contributed by atoms with Crippen molar-refractivity contribution in [3.8, 4) is 11.8 Å². The van der Waals surface area contributed by atoms with Crippen LogP contribution in [-0.4, -0.2) is 90.4 Å². The molecule has 1 aromatic heterocycles. The van der Waals surface area contributed by atoms with Crippen molar-refractivity contribution in [1.29, 1.82) is 5.26 Å². The minimum Gasteiger partial charge on any atom is -0.484 e. The molecule has 0 saturated heterocycles. The highest BCUT2D eigenvalue weighted by Crippen LogP contribution is 2.53. The molecule has 0 aliphatic carbocycles. The van der Waals surface area contributed by atoms with Gasteiger partial charge in [-0.2, -0.15) is 9.84 Å². The molecular formula is C50H63N5O5P+. The van der Waals surface area contributed by atoms with Gasteiger partial charge in [-0.3, -0.25) is 4.79 Å². The van der Waals surface area contributed by atoms with Gasteiger partial charge in [-0.15, -0.1) is 0 Å². The van der Waals surface area contributed by atoms with Gasteiger partial charge in [-0.05, 0) is 103 Å². The monoisotopic (exact) mass is 844 g/mol. The number of ether oxygens (including phenoxy) is 1. The lowest BCUT2D eigenvalue weighted by molar-refractivity contribution is -0.444. The Balaban J connectivity index is 0.924. The standard InChI is InChI=1S/C50H63N5O5P/c1-33(2)55(34(3)4)61(57-27-14-22-51)58-28-26-52(6)46(56)19-8-7-11-21-50(5)41-31-39-37-16-9-10-18-43(37)59-45(39)32-42(41)54-25-20-44-40(49(50)54)30-36-29-35-15-12-23-53-24-13-17-38(47(35)53)48(36)60-44/h9-10,16,18,29-34,44H,7-8,11-15,17,19-21,23-28H2,1-6H3/q+1. The summed E-state index contributed by atoms with van der Waals surface area (Å²) < 4.78 is 30.8. The second kappa shape index (κ2) is 17.5. The maximum absolute atomic E-state index is 13.4. The predicted molar refractivity (Wildman–Crippen MR) is 245 cm³/mol. The zero-order valence-electron chi connectivity index (χ0n) is 37.1. The number of unbranched alkanes of at least 4 members (excludes halogenated alkanes) is 2. The summed E-state index contributed by atoms with van der Waals surface area (Å²) in [6.45, 7) is 15.4. The summed E-state index contributed by atoms with van der Waals surface area (Å²) >= 11 is 0. The molecule has 61 heavy (non-hydrogen) atoms. The van der Waals surface area contributed by atoms with Gasteiger partial charge < -0.3 is 28.0 Å². The van der Waals surface area contributed by atoms with Crippen LogP contribution in [0.4, 0.5) is 11.4 Å². The number of amides is 1. The van der Waals surface area contributed by atoms with E-state index in [0.29, 0.717) is 32.6 Å². The Morgan fingerprint density at radius 3 is 2.61 bits per heavy atom. The number of furan rings is 1. The highest BCUT2D eigenvalue weighted by Gasteiger charge is 2.55. The molecule has 0 saturated carbocycles. The minimum atomic E-state index is -1.33. The molecule has 0 fully saturated rings. The fourth-order valence-corrected chi connectivity index (χ4v) is 12.6. The predicted octanol–water partition coefficient (Wildman–Crippen LogP) is 10.6. The van der Waals surface area contributed by atoms with E-state index in [2.05, 4.69) is 97.3 Å². The summed E-state index contributed by atoms with van der Waals surface area (Å²) in [7, 11) is 0.536. The summed E-state index contributed by atoms with van der Waals surface area (Å²) in [6, 6.07) is 18.2. The molecule has 0 spiro atoms. The summed E-state index contributed by atoms with van der Waals surface area (Å²) in [5, 5.41) is 11.4. The molecule has 3 unspecified atom stereocenters. The molecule has 0 N–H and O–H groups in total. The number of nitrogens with zero attached hydrogens (tertiary/aromatic N) is 5. The average Bonchev–Trinajstić information content (AvgIpc) is 3.73. The Morgan fingerprint density at radius 1 is 1.02 bits per heavy atom. The first kappa shape index (κ1) is 42.1. The Labute approximate surface area is 363 Å². The molecule has 9 rings (SSSR count). The summed E-state index contributed by atoms with van der Waals surface area (Å²) in [6.07, 6.45) is 12.7. The minimum absolute atomic E-state index is 0.0288. The average molecular weight is 845 g/mol. The van der Waals surface area contributed by atoms with Crippen molar-refractivity contribution in [2.75, 3.05) is 51.3 Å². The Morgan fingerprint density at radius 2 is 1.80 bits per heavy atom. The maximum Gasteiger partial charge on any atom is 0.259 e. The van der Waals surface area contributed by atoms with Gasteiger partial charge in [0.25, 0.3) is 8.53 Å². The normalized spacial score (nSPS) is 20.6. The number of likely N-dealkylation sites (N-methyl/N-ethyl adjacent to an activating group) is 1. The third kappa shape index (κ3) is 7.79. The van der Waals surface area contributed by atoms with Gasteiger partial charge in [0.15, 0.2) is 12.3 Å². The molecule has 3 aromatic carbocycles. The quantitative estimate of drug-likeness (QED) is 0.0625. The van der Waals surface area contributed by atoms with Gasteiger partial charge in [0, 0.05) is 84.8 Å². The van der Waals surface area contributed by atoms with E-state index >= 15 is 0 Å². The van der Waals surface area contributed by atoms with Gasteiger partial charge in [-0.1, -0.05) is 31.0 Å². The SMILES string of the molecule is CC(C)N(C(C)C)P(OCCC#N)OCCN(C)C(=O)CCCCCC1(C)C2=[N+](CCC3Oc4c(cc5c6c4CCCN6CCC5)C=C23)c2cc3oc4ccccc4c3cc21. The van der Waals surface area contributed by atoms with Gasteiger partial charge >= 0.3 is 0 Å². The molecule has 10 nitrogen and oxygen atoms in total. The number of benzene rings is 3. The number of fused-ring (bicyclic) bond motifs is 9. The van der Waals surface area contributed by atoms with E-state index in [1.807, 2.05) is 13.1 Å². The highest BCUT2D eigenvalue weighted by atomic mass is 31.2. The number of aryl methyl sites for hydroxylation is 1. The van der Waals surface area contributed by atoms with Gasteiger partial charge in [0.05, 0.1) is 42.8 Å². The van der Waals surface area contributed by atoms with E-state index in [9.17, 15) is 4.79 Å². The van der Waals surface area contributed by atoms with Crippen LogP contribution in [0.25, 0.3) is 28.0 Å². The molecule has 322 valence electrons. The Kier molecular flexibility index (Phi) is 12.1. The molecule has 6 heterocycles. The molecule has 1 amide bonds. The van der Waals surface area contributed by atoms with Crippen LogP contribution in [-0.2, 0) is 32.1 Å². The summed E-state index contributed by atoms with van der Waals surface area (Å²) in [5.74, 6) is 1.27. The van der Waals surface area contributed by atoms with Crippen molar-refractivity contribution in [3.05, 3.63) is 70.3 Å². The van der Waals surface area contributed by atoms with Gasteiger partial charge in [0.1, 0.15) is 23.0 Å². The van der Waals surface area contributed by atoms with E-state index in [-0.39, 0.29) is 29.5 Å². The first-order chi connectivity index (χ1) is 29.6. The molecule has 3 atom stereocenters. The maximum atomic E-state index is 13.4. The molecule has 11 heteroatoms. The molecular weight excluding hydrogens is 782 g/mol. The van der Waals surface area contributed by atoms with Crippen molar-refractivity contribution >= 4 is 59.5 Å². The van der Waals surface area contributed by atoms with Crippen molar-refractivity contribution in [1.82, 2.24) is 9.57 Å². The zero-order valence-corrected chi connectivity index (χ0v) is 38.0. The largest absolute Gasteiger partial charge is 0.484 e. The highest BCUT2D eigenvalue weighted by molar-refractivity contribution is 7.44. The Bertz CT molecular complexity index is 2420. The fourth-order valence-electron chi connectivity index (χ4n) is 11.0. The molecule has 0 radical (unpaired) electrons. The number of rotatable bonds is 16. The van der Waals surface area contributed by atoms with Crippen LogP contribution in [0, 0.1) is 11.3 Å². The van der Waals surface area contributed by atoms with Crippen molar-refractivity contribution in [2.45, 2.75) is 129 Å². The van der Waals surface area contributed by atoms with E-state index in [1.165, 1.54) is 63.1 Å². The number of carbonyl (C=O) groups excluding carboxylic acids is 1. The third-order valence-electron chi connectivity index (χ3n) is 13.8. The number of hydrogen-bond donors (Lipinski definition) is 0. The van der Waals surface area contributed by atoms with Crippen LogP contribution in [0.15, 0.2) is 52.5 Å². The lowest BCUT2D eigenvalue weighted by Gasteiger charge is -2.40. The van der Waals surface area contributed by atoms with Crippen molar-refractivity contribution < 1.29 is 27.6 Å². The molecule has 0 bridgehead atoms. The molecule has 5 aliphatic heterocycles. The number of nitriles is 1. The first-order valence-electron chi connectivity index (χ1n) is 23.0. The second-order valence-corrected chi connectivity index (χ2v) is 20.0. The number of para-hydroxylation sites is 1. The van der Waals surface area contributed by atoms with Crippen LogP contribution in [0.5, 0.6) is 5.75 Å². The second-order valence-electron chi connectivity index (χ2n) is 18.5. The Hall–Kier alpha value is -4.26. The molecule has 5 aliphatic rings. The third-order valence-corrected chi connectivity index (χ3v) is 15.9. The molecule has 4 aromatic rings. The van der Waals surface area contributed by atoms with Crippen molar-refractivity contribution in [2.24, 2.45) is 0 Å². The topological polar surface area (TPSA) is 94.4 Å². The summed E-state index contributed by atoms with van der Waals surface area (Å²) in [4.78, 5) is 17.8. The number of carbonyl (C=O) groups is 1. The van der Waals surface area contributed by atoms with Crippen LogP contribution < -0.4 is 9.64 Å². The van der Waals surface area contributed by atoms with Gasteiger partial charge in [0.2, 0.25) is 11.6 Å². The number of anilines is 1. The first-order valence-corrected chi connectivity index (χ1v) is 24.1. The lowest BCUT2D eigenvalue weighted by Crippen LogP contribution is -2.44. The van der Waals surface area contributed by atoms with Crippen LogP contribution >= 0.6 is 8.53 Å².